The van der Waals surface area contributed by atoms with Crippen LogP contribution in [0.5, 0.6) is 0 Å². The monoisotopic (exact) mass is 388 g/mol. The summed E-state index contributed by atoms with van der Waals surface area (Å²) in [6.45, 7) is 1.61. The molecule has 2 N–H and O–H groups in total. The number of hydrogen-bond acceptors (Lipinski definition) is 4. The molecule has 2 rings (SSSR count). The van der Waals surface area contributed by atoms with Gasteiger partial charge in [0.15, 0.2) is 5.78 Å². The van der Waals surface area contributed by atoms with Crippen LogP contribution in [-0.4, -0.2) is 32.7 Å². The second-order valence-electron chi connectivity index (χ2n) is 6.14. The molecule has 0 aliphatic carbocycles. The van der Waals surface area contributed by atoms with Gasteiger partial charge in [-0.2, -0.15) is 0 Å². The van der Waals surface area contributed by atoms with Gasteiger partial charge in [-0.05, 0) is 30.7 Å². The molecular weight excluding hydrogens is 364 g/mol. The maximum atomic E-state index is 12.6. The fourth-order valence-electron chi connectivity index (χ4n) is 2.53. The number of ketones is 1. The van der Waals surface area contributed by atoms with Crippen molar-refractivity contribution < 1.29 is 18.0 Å². The second-order valence-corrected chi connectivity index (χ2v) is 7.91. The van der Waals surface area contributed by atoms with Crippen molar-refractivity contribution in [2.45, 2.75) is 37.1 Å². The minimum atomic E-state index is -3.77. The van der Waals surface area contributed by atoms with E-state index in [0.717, 1.165) is 12.8 Å². The number of hydrogen-bond donors (Lipinski definition) is 2. The highest BCUT2D eigenvalue weighted by atomic mass is 32.2. The van der Waals surface area contributed by atoms with E-state index in [9.17, 15) is 18.0 Å². The molecule has 0 radical (unpaired) electrons. The normalized spacial score (nSPS) is 12.3. The van der Waals surface area contributed by atoms with Crippen LogP contribution in [0.15, 0.2) is 65.6 Å². The fraction of sp³-hybridized carbons (Fsp3) is 0.300. The predicted octanol–water partition coefficient (Wildman–Crippen LogP) is 2.52. The van der Waals surface area contributed by atoms with E-state index < -0.39 is 16.1 Å². The Labute approximate surface area is 160 Å². The molecule has 0 saturated carbocycles. The summed E-state index contributed by atoms with van der Waals surface area (Å²) in [6.07, 6.45) is 2.07. The molecule has 0 bridgehead atoms. The number of Topliss-reactive ketones (excluding diaryl/α,β-unsaturated/α-hetero) is 1. The molecular formula is C20H24N2O4S. The molecule has 27 heavy (non-hydrogen) atoms. The molecule has 0 aliphatic heterocycles. The number of amides is 1. The average Bonchev–Trinajstić information content (AvgIpc) is 2.70. The molecule has 0 saturated heterocycles. The van der Waals surface area contributed by atoms with Gasteiger partial charge in [0, 0.05) is 5.56 Å². The first-order valence-electron chi connectivity index (χ1n) is 8.87. The molecule has 0 aromatic heterocycles. The van der Waals surface area contributed by atoms with Gasteiger partial charge in [0.2, 0.25) is 10.0 Å². The highest BCUT2D eigenvalue weighted by Crippen LogP contribution is 2.08. The first kappa shape index (κ1) is 20.8. The summed E-state index contributed by atoms with van der Waals surface area (Å²) in [7, 11) is -3.77. The van der Waals surface area contributed by atoms with E-state index in [-0.39, 0.29) is 23.1 Å². The predicted molar refractivity (Wildman–Crippen MR) is 104 cm³/mol. The Hall–Kier alpha value is -2.51. The van der Waals surface area contributed by atoms with E-state index in [0.29, 0.717) is 12.0 Å². The Kier molecular flexibility index (Phi) is 7.69. The summed E-state index contributed by atoms with van der Waals surface area (Å²) in [5, 5.41) is 2.72. The maximum Gasteiger partial charge on any atom is 0.251 e. The minimum absolute atomic E-state index is 0.0937. The van der Waals surface area contributed by atoms with Crippen LogP contribution in [0.4, 0.5) is 0 Å². The van der Waals surface area contributed by atoms with Crippen LogP contribution in [0, 0.1) is 0 Å². The Balaban J connectivity index is 2.03. The summed E-state index contributed by atoms with van der Waals surface area (Å²) in [5.74, 6) is -0.719. The number of sulfonamides is 1. The lowest BCUT2D eigenvalue weighted by Gasteiger charge is -2.18. The van der Waals surface area contributed by atoms with E-state index >= 15 is 0 Å². The minimum Gasteiger partial charge on any atom is -0.342 e. The zero-order chi connectivity index (χ0) is 19.7. The molecule has 0 spiro atoms. The summed E-state index contributed by atoms with van der Waals surface area (Å²) in [5.41, 5.74) is 0.455. The Morgan fingerprint density at radius 1 is 0.963 bits per heavy atom. The quantitative estimate of drug-likeness (QED) is 0.654. The Bertz CT molecular complexity index is 852. The van der Waals surface area contributed by atoms with Gasteiger partial charge in [0.05, 0.1) is 17.5 Å². The molecule has 1 unspecified atom stereocenters. The third-order valence-corrected chi connectivity index (χ3v) is 5.48. The molecule has 1 amide bonds. The highest BCUT2D eigenvalue weighted by Gasteiger charge is 2.23. The van der Waals surface area contributed by atoms with Crippen molar-refractivity contribution in [1.82, 2.24) is 10.0 Å². The molecule has 7 heteroatoms. The average molecular weight is 388 g/mol. The fourth-order valence-corrected chi connectivity index (χ4v) is 3.54. The maximum absolute atomic E-state index is 12.6. The summed E-state index contributed by atoms with van der Waals surface area (Å²) in [6, 6.07) is 15.7. The van der Waals surface area contributed by atoms with Gasteiger partial charge in [0.25, 0.3) is 5.91 Å². The van der Waals surface area contributed by atoms with Gasteiger partial charge in [-0.25, -0.2) is 13.1 Å². The number of benzene rings is 2. The summed E-state index contributed by atoms with van der Waals surface area (Å²) < 4.78 is 26.8. The zero-order valence-electron chi connectivity index (χ0n) is 15.2. The molecule has 0 fully saturated rings. The SMILES string of the molecule is CCCCC(NC(=O)c1ccccc1)C(=O)CNS(=O)(=O)c1ccccc1. The van der Waals surface area contributed by atoms with Crippen LogP contribution < -0.4 is 10.0 Å². The number of unbranched alkanes of at least 4 members (excludes halogenated alkanes) is 1. The molecule has 6 nitrogen and oxygen atoms in total. The molecule has 2 aromatic rings. The molecule has 0 aliphatic rings. The highest BCUT2D eigenvalue weighted by molar-refractivity contribution is 7.89. The van der Waals surface area contributed by atoms with Crippen LogP contribution in [-0.2, 0) is 14.8 Å². The van der Waals surface area contributed by atoms with E-state index in [2.05, 4.69) is 10.0 Å². The van der Waals surface area contributed by atoms with Crippen molar-refractivity contribution >= 4 is 21.7 Å². The molecule has 1 atom stereocenters. The van der Waals surface area contributed by atoms with Gasteiger partial charge in [-0.3, -0.25) is 9.59 Å². The van der Waals surface area contributed by atoms with Crippen LogP contribution in [0.3, 0.4) is 0 Å². The lowest BCUT2D eigenvalue weighted by atomic mass is 10.0. The van der Waals surface area contributed by atoms with Crippen LogP contribution in [0.2, 0.25) is 0 Å². The van der Waals surface area contributed by atoms with Crippen molar-refractivity contribution in [2.75, 3.05) is 6.54 Å². The summed E-state index contributed by atoms with van der Waals surface area (Å²) in [4.78, 5) is 25.0. The van der Waals surface area contributed by atoms with Crippen molar-refractivity contribution in [3.05, 3.63) is 66.2 Å². The number of rotatable bonds is 10. The van der Waals surface area contributed by atoms with Crippen molar-refractivity contribution in [3.63, 3.8) is 0 Å². The van der Waals surface area contributed by atoms with Gasteiger partial charge < -0.3 is 5.32 Å². The lowest BCUT2D eigenvalue weighted by Crippen LogP contribution is -2.45. The van der Waals surface area contributed by atoms with Crippen molar-refractivity contribution in [1.29, 1.82) is 0 Å². The van der Waals surface area contributed by atoms with E-state index in [1.165, 1.54) is 12.1 Å². The van der Waals surface area contributed by atoms with E-state index in [4.69, 9.17) is 0 Å². The molecule has 2 aromatic carbocycles. The number of carbonyl (C=O) groups excluding carboxylic acids is 2. The number of nitrogens with one attached hydrogen (secondary N) is 2. The van der Waals surface area contributed by atoms with Gasteiger partial charge in [0.1, 0.15) is 0 Å². The lowest BCUT2D eigenvalue weighted by molar-refractivity contribution is -0.120. The third-order valence-electron chi connectivity index (χ3n) is 4.07. The molecule has 0 heterocycles. The van der Waals surface area contributed by atoms with Crippen molar-refractivity contribution in [2.24, 2.45) is 0 Å². The Morgan fingerprint density at radius 3 is 2.15 bits per heavy atom. The third kappa shape index (κ3) is 6.30. The Morgan fingerprint density at radius 2 is 1.56 bits per heavy atom. The first-order valence-corrected chi connectivity index (χ1v) is 10.4. The topological polar surface area (TPSA) is 92.3 Å². The van der Waals surface area contributed by atoms with Crippen LogP contribution in [0.1, 0.15) is 36.5 Å². The smallest absolute Gasteiger partial charge is 0.251 e. The number of carbonyl (C=O) groups is 2. The van der Waals surface area contributed by atoms with E-state index in [1.54, 1.807) is 48.5 Å². The van der Waals surface area contributed by atoms with Gasteiger partial charge in [-0.15, -0.1) is 0 Å². The van der Waals surface area contributed by atoms with Gasteiger partial charge in [-0.1, -0.05) is 56.2 Å². The molecule has 144 valence electrons. The summed E-state index contributed by atoms with van der Waals surface area (Å²) >= 11 is 0. The zero-order valence-corrected chi connectivity index (χ0v) is 16.0. The van der Waals surface area contributed by atoms with Crippen LogP contribution in [0.25, 0.3) is 0 Å². The van der Waals surface area contributed by atoms with Crippen molar-refractivity contribution in [3.8, 4) is 0 Å². The van der Waals surface area contributed by atoms with Gasteiger partial charge >= 0.3 is 0 Å². The standard InChI is InChI=1S/C20H24N2O4S/c1-2-3-14-18(22-20(24)16-10-6-4-7-11-16)19(23)15-21-27(25,26)17-12-8-5-9-13-17/h4-13,18,21H,2-3,14-15H2,1H3,(H,22,24). The first-order chi connectivity index (χ1) is 12.9. The largest absolute Gasteiger partial charge is 0.342 e. The van der Waals surface area contributed by atoms with Crippen LogP contribution >= 0.6 is 0 Å². The van der Waals surface area contributed by atoms with E-state index in [1.807, 2.05) is 6.92 Å². The second kappa shape index (κ2) is 9.99.